The van der Waals surface area contributed by atoms with Crippen molar-refractivity contribution in [3.05, 3.63) is 71.8 Å². The molecule has 3 aliphatic rings. The highest BCUT2D eigenvalue weighted by atomic mass is 16.5. The molecule has 0 aliphatic carbocycles. The van der Waals surface area contributed by atoms with Crippen molar-refractivity contribution in [1.82, 2.24) is 35.6 Å². The van der Waals surface area contributed by atoms with Crippen molar-refractivity contribution in [2.75, 3.05) is 54.0 Å². The summed E-state index contributed by atoms with van der Waals surface area (Å²) >= 11 is 0. The number of rotatable bonds is 12. The Bertz CT molecular complexity index is 1880. The molecule has 0 saturated carbocycles. The SMILES string of the molecule is C[C@H]1C[C@H]2C(=O)OC[C@H](NC(=O)[C@H](Cc3ccccc3)NC(=O)Cc3ccccc3)C(=O)N3CCC[C@H]3C(=O)N(C)[C@@H](CCOC(=O)CN(C)C)C(=O)N[C@@H](C)C(=O)N2C1. The Morgan fingerprint density at radius 2 is 1.57 bits per heavy atom. The molecule has 5 rings (SSSR count). The maximum Gasteiger partial charge on any atom is 0.328 e. The molecule has 7 atom stereocenters. The quantitative estimate of drug-likeness (QED) is 0.244. The van der Waals surface area contributed by atoms with E-state index in [9.17, 15) is 38.4 Å². The van der Waals surface area contributed by atoms with Gasteiger partial charge in [0.25, 0.3) is 0 Å². The second-order valence-electron chi connectivity index (χ2n) is 16.1. The Labute approximate surface area is 350 Å². The zero-order valence-corrected chi connectivity index (χ0v) is 35.0. The second-order valence-corrected chi connectivity index (χ2v) is 16.1. The average Bonchev–Trinajstić information content (AvgIpc) is 3.87. The van der Waals surface area contributed by atoms with Gasteiger partial charge in [-0.05, 0) is 57.3 Å². The van der Waals surface area contributed by atoms with Gasteiger partial charge in [0, 0.05) is 33.0 Å². The van der Waals surface area contributed by atoms with Gasteiger partial charge in [-0.15, -0.1) is 0 Å². The van der Waals surface area contributed by atoms with Crippen LogP contribution in [0.2, 0.25) is 0 Å². The monoisotopic (exact) mass is 831 g/mol. The lowest BCUT2D eigenvalue weighted by atomic mass is 10.0. The molecule has 0 aromatic heterocycles. The van der Waals surface area contributed by atoms with Gasteiger partial charge in [-0.1, -0.05) is 67.6 Å². The normalized spacial score (nSPS) is 24.6. The van der Waals surface area contributed by atoms with Gasteiger partial charge in [0.15, 0.2) is 0 Å². The van der Waals surface area contributed by atoms with E-state index in [1.54, 1.807) is 67.5 Å². The summed E-state index contributed by atoms with van der Waals surface area (Å²) in [6.07, 6.45) is 0.874. The van der Waals surface area contributed by atoms with Gasteiger partial charge in [0.2, 0.25) is 35.4 Å². The molecule has 324 valence electrons. The fourth-order valence-electron chi connectivity index (χ4n) is 7.89. The first-order chi connectivity index (χ1) is 28.6. The summed E-state index contributed by atoms with van der Waals surface area (Å²) in [5, 5.41) is 8.23. The van der Waals surface area contributed by atoms with Crippen LogP contribution in [0.25, 0.3) is 0 Å². The number of likely N-dealkylation sites (N-methyl/N-ethyl adjacent to an activating group) is 2. The molecule has 17 nitrogen and oxygen atoms in total. The third kappa shape index (κ3) is 11.9. The zero-order chi connectivity index (χ0) is 43.5. The van der Waals surface area contributed by atoms with E-state index in [-0.39, 0.29) is 64.3 Å². The van der Waals surface area contributed by atoms with E-state index >= 15 is 0 Å². The minimum atomic E-state index is -1.49. The first-order valence-corrected chi connectivity index (χ1v) is 20.5. The minimum Gasteiger partial charge on any atom is -0.465 e. The van der Waals surface area contributed by atoms with Crippen LogP contribution < -0.4 is 16.0 Å². The lowest BCUT2D eigenvalue weighted by molar-refractivity contribution is -0.158. The number of nitrogens with one attached hydrogen (secondary N) is 3. The lowest BCUT2D eigenvalue weighted by Gasteiger charge is -2.35. The van der Waals surface area contributed by atoms with Crippen molar-refractivity contribution >= 4 is 47.4 Å². The Morgan fingerprint density at radius 3 is 2.23 bits per heavy atom. The van der Waals surface area contributed by atoms with Crippen LogP contribution in [-0.4, -0.2) is 157 Å². The molecule has 0 bridgehead atoms. The molecule has 17 heteroatoms. The smallest absolute Gasteiger partial charge is 0.328 e. The molecule has 3 heterocycles. The van der Waals surface area contributed by atoms with E-state index in [1.165, 1.54) is 28.7 Å². The Morgan fingerprint density at radius 1 is 0.900 bits per heavy atom. The van der Waals surface area contributed by atoms with Crippen LogP contribution in [0, 0.1) is 5.92 Å². The van der Waals surface area contributed by atoms with E-state index in [2.05, 4.69) is 16.0 Å². The molecule has 2 aromatic carbocycles. The Kier molecular flexibility index (Phi) is 15.8. The number of nitrogens with zero attached hydrogens (tertiary/aromatic N) is 4. The molecular weight excluding hydrogens is 775 g/mol. The number of amides is 6. The number of ether oxygens (including phenoxy) is 2. The van der Waals surface area contributed by atoms with E-state index in [0.717, 1.165) is 11.1 Å². The van der Waals surface area contributed by atoms with Crippen molar-refractivity contribution in [3.63, 3.8) is 0 Å². The third-order valence-corrected chi connectivity index (χ3v) is 11.0. The highest BCUT2D eigenvalue weighted by Gasteiger charge is 2.45. The van der Waals surface area contributed by atoms with Crippen molar-refractivity contribution in [2.45, 2.75) is 88.6 Å². The highest BCUT2D eigenvalue weighted by molar-refractivity contribution is 5.97. The Balaban J connectivity index is 1.45. The summed E-state index contributed by atoms with van der Waals surface area (Å²) in [6, 6.07) is 11.0. The largest absolute Gasteiger partial charge is 0.465 e. The first-order valence-electron chi connectivity index (χ1n) is 20.5. The van der Waals surface area contributed by atoms with Crippen LogP contribution in [0.15, 0.2) is 60.7 Å². The molecular formula is C43H57N7O10. The summed E-state index contributed by atoms with van der Waals surface area (Å²) in [4.78, 5) is 116. The fraction of sp³-hybridized carbons (Fsp3) is 0.535. The van der Waals surface area contributed by atoms with Gasteiger partial charge in [0.1, 0.15) is 42.9 Å². The molecule has 0 spiro atoms. The van der Waals surface area contributed by atoms with E-state index in [1.807, 2.05) is 19.1 Å². The summed E-state index contributed by atoms with van der Waals surface area (Å²) in [5.41, 5.74) is 1.47. The van der Waals surface area contributed by atoms with Crippen LogP contribution in [0.5, 0.6) is 0 Å². The molecule has 3 N–H and O–H groups in total. The standard InChI is InChI=1S/C43H57N7O10/c1-27-21-35-43(58)60-26-32(46-38(53)31(22-29-13-8-6-9-14-29)45-36(51)23-30-15-10-7-11-16-30)41(56)49-19-12-17-34(49)42(57)48(5)33(18-20-59-37(52)25-47(3)4)39(54)44-28(2)40(55)50(35)24-27/h6-11,13-16,27-28,31-35H,12,17-26H2,1-5H3,(H,44,54)(H,45,51)(H,46,53)/t27-,28-,31-,32-,33-,34-,35-/m0/s1. The topological polar surface area (TPSA) is 204 Å². The summed E-state index contributed by atoms with van der Waals surface area (Å²) in [5.74, 6) is -5.11. The number of hydrogen-bond donors (Lipinski definition) is 3. The molecule has 3 aliphatic heterocycles. The Hall–Kier alpha value is -5.84. The molecule has 3 fully saturated rings. The van der Waals surface area contributed by atoms with Crippen LogP contribution in [0.3, 0.4) is 0 Å². The molecule has 60 heavy (non-hydrogen) atoms. The van der Waals surface area contributed by atoms with Crippen LogP contribution >= 0.6 is 0 Å². The van der Waals surface area contributed by atoms with Gasteiger partial charge in [0.05, 0.1) is 19.6 Å². The van der Waals surface area contributed by atoms with Crippen LogP contribution in [0.1, 0.15) is 50.7 Å². The first kappa shape index (κ1) is 45.2. The average molecular weight is 832 g/mol. The van der Waals surface area contributed by atoms with Gasteiger partial charge in [-0.25, -0.2) is 4.79 Å². The number of benzene rings is 2. The number of esters is 2. The zero-order valence-electron chi connectivity index (χ0n) is 35.0. The molecule has 2 aromatic rings. The number of cyclic esters (lactones) is 1. The van der Waals surface area contributed by atoms with E-state index in [0.29, 0.717) is 6.42 Å². The van der Waals surface area contributed by atoms with Crippen LogP contribution in [0.4, 0.5) is 0 Å². The predicted molar refractivity (Wildman–Crippen MR) is 217 cm³/mol. The van der Waals surface area contributed by atoms with Crippen molar-refractivity contribution < 1.29 is 47.8 Å². The molecule has 3 saturated heterocycles. The number of carbonyl (C=O) groups is 8. The van der Waals surface area contributed by atoms with Crippen molar-refractivity contribution in [3.8, 4) is 0 Å². The third-order valence-electron chi connectivity index (χ3n) is 11.0. The van der Waals surface area contributed by atoms with E-state index < -0.39 is 90.2 Å². The van der Waals surface area contributed by atoms with Crippen LogP contribution in [-0.2, 0) is 60.7 Å². The van der Waals surface area contributed by atoms with Crippen molar-refractivity contribution in [1.29, 1.82) is 0 Å². The lowest BCUT2D eigenvalue weighted by Crippen LogP contribution is -2.61. The van der Waals surface area contributed by atoms with E-state index in [4.69, 9.17) is 9.47 Å². The summed E-state index contributed by atoms with van der Waals surface area (Å²) in [6.45, 7) is 2.84. The number of carbonyl (C=O) groups excluding carboxylic acids is 8. The number of hydrogen-bond acceptors (Lipinski definition) is 11. The van der Waals surface area contributed by atoms with Crippen molar-refractivity contribution in [2.24, 2.45) is 5.92 Å². The second kappa shape index (κ2) is 20.9. The van der Waals surface area contributed by atoms with Gasteiger partial charge in [-0.2, -0.15) is 0 Å². The molecule has 0 radical (unpaired) electrons. The van der Waals surface area contributed by atoms with Gasteiger partial charge >= 0.3 is 11.9 Å². The molecule has 0 unspecified atom stereocenters. The maximum absolute atomic E-state index is 14.6. The highest BCUT2D eigenvalue weighted by Crippen LogP contribution is 2.26. The maximum atomic E-state index is 14.6. The minimum absolute atomic E-state index is 0.00105. The molecule has 6 amide bonds. The van der Waals surface area contributed by atoms with Gasteiger partial charge < -0.3 is 40.1 Å². The number of fused-ring (bicyclic) bond motifs is 2. The summed E-state index contributed by atoms with van der Waals surface area (Å²) in [7, 11) is 4.81. The van der Waals surface area contributed by atoms with Gasteiger partial charge in [-0.3, -0.25) is 38.5 Å². The predicted octanol–water partition coefficient (Wildman–Crippen LogP) is 0.0528. The summed E-state index contributed by atoms with van der Waals surface area (Å²) < 4.78 is 11.1. The fourth-order valence-corrected chi connectivity index (χ4v) is 7.89.